The van der Waals surface area contributed by atoms with Gasteiger partial charge in [-0.2, -0.15) is 0 Å². The Morgan fingerprint density at radius 2 is 1.67 bits per heavy atom. The Kier molecular flexibility index (Phi) is 5.38. The van der Waals surface area contributed by atoms with Crippen LogP contribution in [0.3, 0.4) is 0 Å². The number of benzene rings is 1. The first-order valence-corrected chi connectivity index (χ1v) is 6.67. The summed E-state index contributed by atoms with van der Waals surface area (Å²) in [7, 11) is 0. The SMILES string of the molecule is CC(C)[C]1C=Cc2ccccc21.[F][Zr][F]. The van der Waals surface area contributed by atoms with Crippen molar-refractivity contribution >= 4 is 6.08 Å². The van der Waals surface area contributed by atoms with E-state index < -0.39 is 24.5 Å². The van der Waals surface area contributed by atoms with Gasteiger partial charge in [0, 0.05) is 5.92 Å². The molecule has 0 saturated carbocycles. The Hall–Kier alpha value is -0.297. The predicted octanol–water partition coefficient (Wildman–Crippen LogP) is 4.13. The van der Waals surface area contributed by atoms with Crippen LogP contribution in [-0.2, 0) is 24.5 Å². The molecular weight excluding hydrogens is 273 g/mol. The summed E-state index contributed by atoms with van der Waals surface area (Å²) in [4.78, 5) is 0. The fourth-order valence-electron chi connectivity index (χ4n) is 1.68. The minimum atomic E-state index is -2.77. The number of hydrogen-bond acceptors (Lipinski definition) is 0. The molecule has 1 aliphatic carbocycles. The van der Waals surface area contributed by atoms with Gasteiger partial charge in [0.1, 0.15) is 0 Å². The molecule has 79 valence electrons. The van der Waals surface area contributed by atoms with Crippen molar-refractivity contribution in [1.29, 1.82) is 0 Å². The Morgan fingerprint density at radius 1 is 1.07 bits per heavy atom. The van der Waals surface area contributed by atoms with E-state index in [0.717, 1.165) is 0 Å². The topological polar surface area (TPSA) is 0 Å². The number of fused-ring (bicyclic) bond motifs is 1. The van der Waals surface area contributed by atoms with E-state index in [0.29, 0.717) is 5.92 Å². The molecule has 15 heavy (non-hydrogen) atoms. The first-order valence-electron chi connectivity index (χ1n) is 4.81. The summed E-state index contributed by atoms with van der Waals surface area (Å²) in [5.41, 5.74) is 2.77. The van der Waals surface area contributed by atoms with Gasteiger partial charge in [0.15, 0.2) is 0 Å². The molecule has 1 aromatic rings. The Balaban J connectivity index is 0.000000337. The minimum absolute atomic E-state index is 0.630. The summed E-state index contributed by atoms with van der Waals surface area (Å²) in [5, 5.41) is 0. The van der Waals surface area contributed by atoms with Crippen molar-refractivity contribution < 1.29 is 29.7 Å². The normalized spacial score (nSPS) is 13.4. The van der Waals surface area contributed by atoms with Gasteiger partial charge in [-0.25, -0.2) is 0 Å². The van der Waals surface area contributed by atoms with E-state index in [4.69, 9.17) is 0 Å². The predicted molar refractivity (Wildman–Crippen MR) is 54.9 cm³/mol. The molecule has 0 aromatic heterocycles. The van der Waals surface area contributed by atoms with E-state index in [9.17, 15) is 5.25 Å². The van der Waals surface area contributed by atoms with Crippen molar-refractivity contribution in [2.45, 2.75) is 13.8 Å². The number of halogens is 2. The zero-order chi connectivity index (χ0) is 11.3. The van der Waals surface area contributed by atoms with Crippen LogP contribution in [0.5, 0.6) is 0 Å². The van der Waals surface area contributed by atoms with Gasteiger partial charge in [-0.15, -0.1) is 0 Å². The molecular formula is C12H13F2Zr. The molecule has 0 atom stereocenters. The van der Waals surface area contributed by atoms with E-state index in [1.165, 1.54) is 17.0 Å². The quantitative estimate of drug-likeness (QED) is 0.728. The van der Waals surface area contributed by atoms with Crippen LogP contribution in [0, 0.1) is 11.8 Å². The van der Waals surface area contributed by atoms with Crippen molar-refractivity contribution in [3.63, 3.8) is 0 Å². The third-order valence-electron chi connectivity index (χ3n) is 2.34. The van der Waals surface area contributed by atoms with Crippen molar-refractivity contribution in [2.75, 3.05) is 0 Å². The fourth-order valence-corrected chi connectivity index (χ4v) is 1.68. The van der Waals surface area contributed by atoms with Crippen LogP contribution in [0.4, 0.5) is 5.25 Å². The first-order chi connectivity index (χ1) is 7.20. The summed E-state index contributed by atoms with van der Waals surface area (Å²) in [6.45, 7) is 4.48. The number of allylic oxidation sites excluding steroid dienone is 1. The van der Waals surface area contributed by atoms with Gasteiger partial charge < -0.3 is 0 Å². The maximum atomic E-state index is 9.80. The molecule has 0 saturated heterocycles. The number of hydrogen-bond donors (Lipinski definition) is 0. The summed E-state index contributed by atoms with van der Waals surface area (Å²) < 4.78 is 19.6. The zero-order valence-electron chi connectivity index (χ0n) is 8.80. The van der Waals surface area contributed by atoms with Crippen molar-refractivity contribution in [2.24, 2.45) is 5.92 Å². The van der Waals surface area contributed by atoms with E-state index in [-0.39, 0.29) is 0 Å². The summed E-state index contributed by atoms with van der Waals surface area (Å²) in [6, 6.07) is 8.56. The third kappa shape index (κ3) is 3.34. The maximum absolute atomic E-state index is 9.80. The third-order valence-corrected chi connectivity index (χ3v) is 2.34. The van der Waals surface area contributed by atoms with Gasteiger partial charge in [0.25, 0.3) is 0 Å². The van der Waals surface area contributed by atoms with Crippen LogP contribution in [0.2, 0.25) is 0 Å². The van der Waals surface area contributed by atoms with Crippen LogP contribution < -0.4 is 0 Å². The Morgan fingerprint density at radius 3 is 2.27 bits per heavy atom. The van der Waals surface area contributed by atoms with Gasteiger partial charge in [0.2, 0.25) is 0 Å². The molecule has 0 fully saturated rings. The van der Waals surface area contributed by atoms with Crippen LogP contribution in [0.15, 0.2) is 30.3 Å². The average molecular weight is 286 g/mol. The molecule has 2 rings (SSSR count). The average Bonchev–Trinajstić information content (AvgIpc) is 2.62. The van der Waals surface area contributed by atoms with Crippen molar-refractivity contribution in [1.82, 2.24) is 0 Å². The van der Waals surface area contributed by atoms with Gasteiger partial charge in [0.05, 0.1) is 0 Å². The molecule has 0 N–H and O–H groups in total. The van der Waals surface area contributed by atoms with Crippen LogP contribution in [-0.4, -0.2) is 0 Å². The van der Waals surface area contributed by atoms with E-state index >= 15 is 0 Å². The first kappa shape index (κ1) is 12.8. The van der Waals surface area contributed by atoms with Gasteiger partial charge in [-0.3, -0.25) is 0 Å². The van der Waals surface area contributed by atoms with E-state index in [2.05, 4.69) is 50.3 Å². The van der Waals surface area contributed by atoms with E-state index in [1.54, 1.807) is 0 Å². The zero-order valence-corrected chi connectivity index (χ0v) is 11.3. The van der Waals surface area contributed by atoms with Gasteiger partial charge in [-0.05, 0) is 17.0 Å². The van der Waals surface area contributed by atoms with Crippen LogP contribution in [0.25, 0.3) is 6.08 Å². The Labute approximate surface area is 103 Å². The van der Waals surface area contributed by atoms with Crippen molar-refractivity contribution in [3.05, 3.63) is 47.4 Å². The molecule has 3 heteroatoms. The summed E-state index contributed by atoms with van der Waals surface area (Å²) in [5.74, 6) is 2.09. The van der Waals surface area contributed by atoms with Gasteiger partial charge >= 0.3 is 29.7 Å². The second-order valence-electron chi connectivity index (χ2n) is 3.60. The fraction of sp³-hybridized carbons (Fsp3) is 0.250. The molecule has 0 amide bonds. The molecule has 1 radical (unpaired) electrons. The van der Waals surface area contributed by atoms with Crippen LogP contribution >= 0.6 is 0 Å². The Bertz CT molecular complexity index is 334. The van der Waals surface area contributed by atoms with Crippen molar-refractivity contribution in [3.8, 4) is 0 Å². The van der Waals surface area contributed by atoms with E-state index in [1.807, 2.05) is 0 Å². The monoisotopic (exact) mass is 285 g/mol. The standard InChI is InChI=1S/C12H13.2FH.Zr/c1-9(2)11-8-7-10-5-3-4-6-12(10)11;;;/h3-9H,1-2H3;2*1H;/q;;;+2/p-2. The molecule has 0 unspecified atom stereocenters. The molecule has 0 spiro atoms. The molecule has 0 nitrogen and oxygen atoms in total. The van der Waals surface area contributed by atoms with Crippen LogP contribution in [0.1, 0.15) is 25.0 Å². The summed E-state index contributed by atoms with van der Waals surface area (Å²) >= 11 is -2.77. The molecule has 0 heterocycles. The second-order valence-corrected chi connectivity index (χ2v) is 3.95. The summed E-state index contributed by atoms with van der Waals surface area (Å²) in [6.07, 6.45) is 4.43. The second kappa shape index (κ2) is 6.32. The van der Waals surface area contributed by atoms with Gasteiger partial charge in [-0.1, -0.05) is 50.3 Å². The number of rotatable bonds is 1. The molecule has 1 aliphatic rings. The molecule has 0 aliphatic heterocycles. The molecule has 1 aromatic carbocycles. The molecule has 0 bridgehead atoms.